The van der Waals surface area contributed by atoms with Crippen LogP contribution in [0.15, 0.2) is 46.8 Å². The van der Waals surface area contributed by atoms with Crippen LogP contribution < -0.4 is 0 Å². The van der Waals surface area contributed by atoms with Gasteiger partial charge in [0.15, 0.2) is 17.0 Å². The van der Waals surface area contributed by atoms with Crippen LogP contribution in [0.5, 0.6) is 0 Å². The van der Waals surface area contributed by atoms with Gasteiger partial charge in [-0.1, -0.05) is 39.8 Å². The molecule has 45 heavy (non-hydrogen) atoms. The number of aliphatic hydroxyl groups excluding tert-OH is 2. The van der Waals surface area contributed by atoms with Crippen LogP contribution in [0.1, 0.15) is 54.9 Å². The number of carbonyl (C=O) groups is 6. The van der Waals surface area contributed by atoms with E-state index in [2.05, 4.69) is 0 Å². The molecule has 0 aromatic rings. The molecule has 1 saturated carbocycles. The lowest BCUT2D eigenvalue weighted by molar-refractivity contribution is -0.211. The van der Waals surface area contributed by atoms with Gasteiger partial charge in [-0.3, -0.25) is 24.0 Å². The molecule has 0 spiro atoms. The summed E-state index contributed by atoms with van der Waals surface area (Å²) in [5.74, 6) is -8.11. The van der Waals surface area contributed by atoms with Gasteiger partial charge in [-0.15, -0.1) is 0 Å². The van der Waals surface area contributed by atoms with Gasteiger partial charge in [0.1, 0.15) is 12.2 Å². The van der Waals surface area contributed by atoms with E-state index in [9.17, 15) is 39.0 Å². The van der Waals surface area contributed by atoms with Crippen molar-refractivity contribution in [3.05, 3.63) is 46.8 Å². The van der Waals surface area contributed by atoms with Crippen molar-refractivity contribution in [3.8, 4) is 0 Å². The van der Waals surface area contributed by atoms with Gasteiger partial charge in [-0.2, -0.15) is 0 Å². The number of esters is 4. The number of fused-ring (bicyclic) bond motifs is 5. The molecule has 0 radical (unpaired) electrons. The molecular formula is C33H38O12. The van der Waals surface area contributed by atoms with Crippen LogP contribution in [-0.4, -0.2) is 71.3 Å². The number of aliphatic hydroxyl groups is 2. The Bertz CT molecular complexity index is 1560. The quantitative estimate of drug-likeness (QED) is 0.197. The number of hydrogen-bond donors (Lipinski definition) is 2. The van der Waals surface area contributed by atoms with Crippen molar-refractivity contribution in [2.45, 2.75) is 73.4 Å². The fraction of sp³-hybridized carbons (Fsp3) is 0.576. The molecule has 0 bridgehead atoms. The van der Waals surface area contributed by atoms with Crippen LogP contribution in [0.4, 0.5) is 0 Å². The lowest BCUT2D eigenvalue weighted by Gasteiger charge is -2.63. The molecule has 12 heteroatoms. The van der Waals surface area contributed by atoms with Gasteiger partial charge >= 0.3 is 23.9 Å². The Morgan fingerprint density at radius 1 is 1.07 bits per heavy atom. The molecule has 242 valence electrons. The van der Waals surface area contributed by atoms with Crippen LogP contribution in [0, 0.1) is 39.4 Å². The molecule has 1 aliphatic heterocycles. The second-order valence-electron chi connectivity index (χ2n) is 13.5. The van der Waals surface area contributed by atoms with Crippen molar-refractivity contribution in [3.63, 3.8) is 0 Å². The van der Waals surface area contributed by atoms with Crippen LogP contribution in [0.25, 0.3) is 0 Å². The summed E-state index contributed by atoms with van der Waals surface area (Å²) in [5.41, 5.74) is -6.38. The Morgan fingerprint density at radius 3 is 2.24 bits per heavy atom. The van der Waals surface area contributed by atoms with Gasteiger partial charge < -0.3 is 29.2 Å². The molecule has 12 nitrogen and oxygen atoms in total. The number of hydrogen-bond acceptors (Lipinski definition) is 12. The number of carbonyl (C=O) groups excluding carboxylic acids is 6. The third-order valence-electron chi connectivity index (χ3n) is 10.7. The zero-order valence-electron chi connectivity index (χ0n) is 26.5. The van der Waals surface area contributed by atoms with Gasteiger partial charge in [-0.05, 0) is 38.0 Å². The molecule has 0 saturated heterocycles. The van der Waals surface area contributed by atoms with E-state index in [1.54, 1.807) is 40.7 Å². The zero-order chi connectivity index (χ0) is 33.6. The lowest BCUT2D eigenvalue weighted by atomic mass is 9.40. The van der Waals surface area contributed by atoms with Gasteiger partial charge in [-0.25, -0.2) is 4.79 Å². The first kappa shape index (κ1) is 32.3. The third-order valence-corrected chi connectivity index (χ3v) is 10.7. The highest BCUT2D eigenvalue weighted by Crippen LogP contribution is 2.71. The van der Waals surface area contributed by atoms with Crippen molar-refractivity contribution in [2.24, 2.45) is 39.4 Å². The van der Waals surface area contributed by atoms with Gasteiger partial charge in [0.25, 0.3) is 0 Å². The predicted molar refractivity (Wildman–Crippen MR) is 153 cm³/mol. The molecule has 0 aromatic carbocycles. The molecule has 2 N–H and O–H groups in total. The second-order valence-corrected chi connectivity index (χ2v) is 13.5. The van der Waals surface area contributed by atoms with E-state index in [4.69, 9.17) is 18.9 Å². The average Bonchev–Trinajstić information content (AvgIpc) is 3.48. The van der Waals surface area contributed by atoms with Crippen LogP contribution in [-0.2, 0) is 47.7 Å². The summed E-state index contributed by atoms with van der Waals surface area (Å²) in [4.78, 5) is 80.4. The maximum atomic E-state index is 14.7. The molecule has 5 aliphatic rings. The highest BCUT2D eigenvalue weighted by atomic mass is 16.6. The molecule has 9 atom stereocenters. The summed E-state index contributed by atoms with van der Waals surface area (Å²) in [7, 11) is 1.08. The topological polar surface area (TPSA) is 180 Å². The normalized spacial score (nSPS) is 40.2. The van der Waals surface area contributed by atoms with Crippen LogP contribution in [0.3, 0.4) is 0 Å². The Labute approximate surface area is 260 Å². The van der Waals surface area contributed by atoms with E-state index in [0.29, 0.717) is 5.57 Å². The summed E-state index contributed by atoms with van der Waals surface area (Å²) >= 11 is 0. The van der Waals surface area contributed by atoms with Gasteiger partial charge in [0.2, 0.25) is 12.1 Å². The molecule has 1 heterocycles. The number of cyclic esters (lactones) is 1. The second kappa shape index (κ2) is 10.2. The van der Waals surface area contributed by atoms with Crippen molar-refractivity contribution in [1.82, 2.24) is 0 Å². The number of Topliss-reactive ketones (excluding diaryl/α,β-unsaturated/α-hetero) is 1. The highest BCUT2D eigenvalue weighted by molar-refractivity contribution is 6.16. The Hall–Kier alpha value is -4.06. The SMILES string of the molecule is COC(=O)C1(C)C(=O)C=CC2(C)C1=C(O)C(=O)C1(C)C3=CCC(C4=CC(O)OC4=O)C3(C)C(OC(=O)C(C)C)C(OC(C)=O)C21. The Morgan fingerprint density at radius 2 is 1.71 bits per heavy atom. The van der Waals surface area contributed by atoms with E-state index in [-0.39, 0.29) is 17.6 Å². The maximum absolute atomic E-state index is 14.7. The van der Waals surface area contributed by atoms with Crippen molar-refractivity contribution >= 4 is 35.4 Å². The van der Waals surface area contributed by atoms with Crippen molar-refractivity contribution in [1.29, 1.82) is 0 Å². The van der Waals surface area contributed by atoms with E-state index in [1.807, 2.05) is 0 Å². The summed E-state index contributed by atoms with van der Waals surface area (Å²) in [6.45, 7) is 10.6. The number of ether oxygens (including phenoxy) is 4. The smallest absolute Gasteiger partial charge is 0.336 e. The van der Waals surface area contributed by atoms with E-state index >= 15 is 0 Å². The van der Waals surface area contributed by atoms with E-state index in [1.165, 1.54) is 25.2 Å². The molecule has 0 aromatic heterocycles. The molecule has 1 fully saturated rings. The fourth-order valence-corrected chi connectivity index (χ4v) is 8.82. The summed E-state index contributed by atoms with van der Waals surface area (Å²) in [6, 6.07) is 0. The average molecular weight is 627 g/mol. The van der Waals surface area contributed by atoms with E-state index < -0.39 is 99.1 Å². The van der Waals surface area contributed by atoms with Crippen LogP contribution >= 0.6 is 0 Å². The lowest BCUT2D eigenvalue weighted by Crippen LogP contribution is -2.70. The summed E-state index contributed by atoms with van der Waals surface area (Å²) in [6.07, 6.45) is 1.61. The highest BCUT2D eigenvalue weighted by Gasteiger charge is 2.76. The summed E-state index contributed by atoms with van der Waals surface area (Å²) < 4.78 is 22.2. The van der Waals surface area contributed by atoms with Crippen molar-refractivity contribution < 1.29 is 57.9 Å². The summed E-state index contributed by atoms with van der Waals surface area (Å²) in [5, 5.41) is 21.9. The minimum absolute atomic E-state index is 0.0989. The zero-order valence-corrected chi connectivity index (χ0v) is 26.5. The third kappa shape index (κ3) is 4.06. The fourth-order valence-electron chi connectivity index (χ4n) is 8.82. The van der Waals surface area contributed by atoms with E-state index in [0.717, 1.165) is 14.0 Å². The number of allylic oxidation sites excluding steroid dienone is 4. The van der Waals surface area contributed by atoms with Crippen molar-refractivity contribution in [2.75, 3.05) is 7.11 Å². The largest absolute Gasteiger partial charge is 0.504 e. The molecule has 0 amide bonds. The van der Waals surface area contributed by atoms with Crippen LogP contribution in [0.2, 0.25) is 0 Å². The van der Waals surface area contributed by atoms with Gasteiger partial charge in [0, 0.05) is 40.7 Å². The Kier molecular flexibility index (Phi) is 7.35. The maximum Gasteiger partial charge on any atom is 0.336 e. The first-order valence-electron chi connectivity index (χ1n) is 14.8. The first-order chi connectivity index (χ1) is 20.8. The molecular weight excluding hydrogens is 588 g/mol. The molecule has 9 unspecified atom stereocenters. The standard InChI is InChI=1S/C33H38O12/c1-14(2)27(39)45-26-22(43-15(3)34)24-30(4)12-11-19(35)33(7,29(41)42-8)23(30)21(37)25(38)32(24,6)18-10-9-17(31(18,26)5)16-13-20(36)44-28(16)40/h10-14,17,20,22,24,26,36-37H,9H2,1-8H3. The first-order valence-corrected chi connectivity index (χ1v) is 14.8. The minimum Gasteiger partial charge on any atom is -0.504 e. The number of ketones is 2. The minimum atomic E-state index is -2.11. The Balaban J connectivity index is 1.86. The molecule has 4 aliphatic carbocycles. The molecule has 5 rings (SSSR count). The predicted octanol–water partition coefficient (Wildman–Crippen LogP) is 2.60. The van der Waals surface area contributed by atoms with Gasteiger partial charge in [0.05, 0.1) is 18.4 Å². The number of rotatable bonds is 5. The number of methoxy groups -OCH3 is 1. The monoisotopic (exact) mass is 626 g/mol.